The SMILES string of the molecule is CCNC(C)c1ccc(C)cc1OCC(=O)N(C)C1CC1. The number of nitrogens with zero attached hydrogens (tertiary/aromatic N) is 1. The minimum absolute atomic E-state index is 0.0565. The molecule has 1 atom stereocenters. The number of hydrogen-bond acceptors (Lipinski definition) is 3. The highest BCUT2D eigenvalue weighted by Crippen LogP contribution is 2.28. The summed E-state index contributed by atoms with van der Waals surface area (Å²) in [6.45, 7) is 7.24. The maximum Gasteiger partial charge on any atom is 0.260 e. The Balaban J connectivity index is 2.03. The third kappa shape index (κ3) is 4.21. The summed E-state index contributed by atoms with van der Waals surface area (Å²) in [5.74, 6) is 0.863. The first kappa shape index (κ1) is 15.8. The first-order chi connectivity index (χ1) is 10.0. The van der Waals surface area contributed by atoms with Gasteiger partial charge in [0.1, 0.15) is 5.75 Å². The molecule has 0 heterocycles. The Kier molecular flexibility index (Phi) is 5.23. The average Bonchev–Trinajstić information content (AvgIpc) is 3.28. The largest absolute Gasteiger partial charge is 0.483 e. The number of amides is 1. The summed E-state index contributed by atoms with van der Waals surface area (Å²) in [6.07, 6.45) is 2.24. The van der Waals surface area contributed by atoms with Crippen molar-refractivity contribution in [2.45, 2.75) is 45.7 Å². The molecule has 1 aliphatic carbocycles. The molecule has 0 aliphatic heterocycles. The van der Waals surface area contributed by atoms with Crippen LogP contribution in [0.1, 0.15) is 43.9 Å². The molecule has 0 bridgehead atoms. The van der Waals surface area contributed by atoms with E-state index < -0.39 is 0 Å². The fourth-order valence-corrected chi connectivity index (χ4v) is 2.45. The van der Waals surface area contributed by atoms with Crippen molar-refractivity contribution >= 4 is 5.91 Å². The van der Waals surface area contributed by atoms with Gasteiger partial charge in [0.05, 0.1) is 0 Å². The van der Waals surface area contributed by atoms with Gasteiger partial charge < -0.3 is 15.0 Å². The Labute approximate surface area is 127 Å². The summed E-state index contributed by atoms with van der Waals surface area (Å²) in [5.41, 5.74) is 2.24. The summed E-state index contributed by atoms with van der Waals surface area (Å²) >= 11 is 0. The van der Waals surface area contributed by atoms with Crippen LogP contribution >= 0.6 is 0 Å². The molecule has 1 aliphatic rings. The van der Waals surface area contributed by atoms with Crippen molar-refractivity contribution in [3.05, 3.63) is 29.3 Å². The highest BCUT2D eigenvalue weighted by atomic mass is 16.5. The summed E-state index contributed by atoms with van der Waals surface area (Å²) < 4.78 is 5.82. The fourth-order valence-electron chi connectivity index (χ4n) is 2.45. The van der Waals surface area contributed by atoms with Crippen LogP contribution in [0.4, 0.5) is 0 Å². The van der Waals surface area contributed by atoms with Crippen LogP contribution in [0.25, 0.3) is 0 Å². The molecule has 1 fully saturated rings. The van der Waals surface area contributed by atoms with E-state index in [-0.39, 0.29) is 18.6 Å². The molecule has 116 valence electrons. The zero-order chi connectivity index (χ0) is 15.4. The molecule has 1 N–H and O–H groups in total. The minimum atomic E-state index is 0.0565. The Morgan fingerprint density at radius 3 is 2.81 bits per heavy atom. The van der Waals surface area contributed by atoms with Gasteiger partial charge >= 0.3 is 0 Å². The van der Waals surface area contributed by atoms with Gasteiger partial charge in [0, 0.05) is 24.7 Å². The summed E-state index contributed by atoms with van der Waals surface area (Å²) in [6, 6.07) is 6.80. The topological polar surface area (TPSA) is 41.6 Å². The van der Waals surface area contributed by atoms with E-state index in [9.17, 15) is 4.79 Å². The number of nitrogens with one attached hydrogen (secondary N) is 1. The number of likely N-dealkylation sites (N-methyl/N-ethyl adjacent to an activating group) is 1. The van der Waals surface area contributed by atoms with Crippen LogP contribution in [0.15, 0.2) is 18.2 Å². The van der Waals surface area contributed by atoms with Crippen LogP contribution in [0.3, 0.4) is 0 Å². The van der Waals surface area contributed by atoms with Gasteiger partial charge in [-0.2, -0.15) is 0 Å². The van der Waals surface area contributed by atoms with E-state index in [1.54, 1.807) is 0 Å². The zero-order valence-electron chi connectivity index (χ0n) is 13.5. The van der Waals surface area contributed by atoms with Crippen molar-refractivity contribution in [2.75, 3.05) is 20.2 Å². The average molecular weight is 290 g/mol. The van der Waals surface area contributed by atoms with E-state index in [2.05, 4.69) is 31.3 Å². The first-order valence-corrected chi connectivity index (χ1v) is 7.75. The molecule has 4 nitrogen and oxygen atoms in total. The van der Waals surface area contributed by atoms with Crippen molar-refractivity contribution < 1.29 is 9.53 Å². The fraction of sp³-hybridized carbons (Fsp3) is 0.588. The second-order valence-corrected chi connectivity index (χ2v) is 5.85. The number of rotatable bonds is 7. The summed E-state index contributed by atoms with van der Waals surface area (Å²) in [5, 5.41) is 3.38. The Morgan fingerprint density at radius 1 is 1.48 bits per heavy atom. The van der Waals surface area contributed by atoms with Crippen LogP contribution in [0.5, 0.6) is 5.75 Å². The van der Waals surface area contributed by atoms with E-state index in [0.29, 0.717) is 6.04 Å². The predicted molar refractivity (Wildman–Crippen MR) is 84.6 cm³/mol. The Bertz CT molecular complexity index is 498. The van der Waals surface area contributed by atoms with Crippen molar-refractivity contribution in [3.8, 4) is 5.75 Å². The maximum atomic E-state index is 12.1. The number of hydrogen-bond donors (Lipinski definition) is 1. The lowest BCUT2D eigenvalue weighted by Gasteiger charge is -2.20. The molecule has 4 heteroatoms. The lowest BCUT2D eigenvalue weighted by molar-refractivity contribution is -0.132. The molecule has 0 aromatic heterocycles. The van der Waals surface area contributed by atoms with E-state index in [4.69, 9.17) is 4.74 Å². The number of carbonyl (C=O) groups excluding carboxylic acids is 1. The summed E-state index contributed by atoms with van der Waals surface area (Å²) in [7, 11) is 1.86. The monoisotopic (exact) mass is 290 g/mol. The van der Waals surface area contributed by atoms with Gasteiger partial charge in [0.15, 0.2) is 6.61 Å². The molecule has 0 radical (unpaired) electrons. The van der Waals surface area contributed by atoms with Gasteiger partial charge in [0.25, 0.3) is 5.91 Å². The van der Waals surface area contributed by atoms with Crippen LogP contribution in [-0.2, 0) is 4.79 Å². The van der Waals surface area contributed by atoms with Gasteiger partial charge in [-0.1, -0.05) is 19.1 Å². The van der Waals surface area contributed by atoms with E-state index in [0.717, 1.165) is 36.3 Å². The van der Waals surface area contributed by atoms with Gasteiger partial charge in [-0.25, -0.2) is 0 Å². The van der Waals surface area contributed by atoms with Crippen molar-refractivity contribution in [1.29, 1.82) is 0 Å². The molecular weight excluding hydrogens is 264 g/mol. The third-order valence-corrected chi connectivity index (χ3v) is 3.99. The zero-order valence-corrected chi connectivity index (χ0v) is 13.5. The number of benzene rings is 1. The van der Waals surface area contributed by atoms with E-state index in [1.165, 1.54) is 0 Å². The molecule has 21 heavy (non-hydrogen) atoms. The highest BCUT2D eigenvalue weighted by Gasteiger charge is 2.29. The minimum Gasteiger partial charge on any atom is -0.483 e. The van der Waals surface area contributed by atoms with Gasteiger partial charge in [-0.15, -0.1) is 0 Å². The second kappa shape index (κ2) is 6.94. The smallest absolute Gasteiger partial charge is 0.260 e. The van der Waals surface area contributed by atoms with E-state index in [1.807, 2.05) is 24.9 Å². The van der Waals surface area contributed by atoms with Crippen LogP contribution < -0.4 is 10.1 Å². The molecule has 1 aromatic carbocycles. The van der Waals surface area contributed by atoms with Crippen LogP contribution in [0, 0.1) is 6.92 Å². The molecule has 0 spiro atoms. The van der Waals surface area contributed by atoms with Crippen LogP contribution in [0.2, 0.25) is 0 Å². The number of aryl methyl sites for hydroxylation is 1. The second-order valence-electron chi connectivity index (χ2n) is 5.85. The number of carbonyl (C=O) groups is 1. The standard InChI is InChI=1S/C17H26N2O2/c1-5-18-13(3)15-9-6-12(2)10-16(15)21-11-17(20)19(4)14-7-8-14/h6,9-10,13-14,18H,5,7-8,11H2,1-4H3. The van der Waals surface area contributed by atoms with Crippen LogP contribution in [-0.4, -0.2) is 37.0 Å². The molecular formula is C17H26N2O2. The lowest BCUT2D eigenvalue weighted by Crippen LogP contribution is -2.33. The summed E-state index contributed by atoms with van der Waals surface area (Å²) in [4.78, 5) is 13.9. The molecule has 1 aromatic rings. The quantitative estimate of drug-likeness (QED) is 0.839. The normalized spacial score (nSPS) is 15.6. The van der Waals surface area contributed by atoms with Crippen molar-refractivity contribution in [3.63, 3.8) is 0 Å². The Hall–Kier alpha value is -1.55. The van der Waals surface area contributed by atoms with E-state index >= 15 is 0 Å². The van der Waals surface area contributed by atoms with Gasteiger partial charge in [-0.3, -0.25) is 4.79 Å². The third-order valence-electron chi connectivity index (χ3n) is 3.99. The molecule has 1 amide bonds. The highest BCUT2D eigenvalue weighted by molar-refractivity contribution is 5.78. The maximum absolute atomic E-state index is 12.1. The predicted octanol–water partition coefficient (Wildman–Crippen LogP) is 2.67. The number of ether oxygens (including phenoxy) is 1. The van der Waals surface area contributed by atoms with Crippen molar-refractivity contribution in [2.24, 2.45) is 0 Å². The Morgan fingerprint density at radius 2 is 2.19 bits per heavy atom. The molecule has 0 saturated heterocycles. The first-order valence-electron chi connectivity index (χ1n) is 7.75. The molecule has 1 saturated carbocycles. The van der Waals surface area contributed by atoms with Crippen molar-refractivity contribution in [1.82, 2.24) is 10.2 Å². The lowest BCUT2D eigenvalue weighted by atomic mass is 10.0. The van der Waals surface area contributed by atoms with Gasteiger partial charge in [0.2, 0.25) is 0 Å². The molecule has 1 unspecified atom stereocenters. The molecule has 2 rings (SSSR count). The van der Waals surface area contributed by atoms with Gasteiger partial charge in [-0.05, 0) is 44.9 Å².